The molecule has 1 heteroatoms. The highest BCUT2D eigenvalue weighted by molar-refractivity contribution is 5.64. The van der Waals surface area contributed by atoms with Crippen molar-refractivity contribution in [3.63, 3.8) is 0 Å². The van der Waals surface area contributed by atoms with Gasteiger partial charge in [0.25, 0.3) is 0 Å². The molecule has 1 aromatic rings. The summed E-state index contributed by atoms with van der Waals surface area (Å²) in [5, 5.41) is 0. The van der Waals surface area contributed by atoms with Gasteiger partial charge in [0.2, 0.25) is 0 Å². The molecule has 0 radical (unpaired) electrons. The highest BCUT2D eigenvalue weighted by atomic mass is 15.1. The van der Waals surface area contributed by atoms with E-state index < -0.39 is 0 Å². The van der Waals surface area contributed by atoms with Crippen LogP contribution in [0.25, 0.3) is 5.57 Å². The van der Waals surface area contributed by atoms with Crippen molar-refractivity contribution in [3.05, 3.63) is 41.5 Å². The lowest BCUT2D eigenvalue weighted by molar-refractivity contribution is 0.188. The summed E-state index contributed by atoms with van der Waals surface area (Å²) in [6, 6.07) is 7.03. The third-order valence-electron chi connectivity index (χ3n) is 5.52. The fraction of sp³-hybridized carbons (Fsp3) is 0.636. The molecule has 0 N–H and O–H groups in total. The fourth-order valence-electron chi connectivity index (χ4n) is 3.80. The molecule has 1 nitrogen and oxygen atoms in total. The van der Waals surface area contributed by atoms with Gasteiger partial charge in [-0.15, -0.1) is 0 Å². The predicted molar refractivity (Wildman–Crippen MR) is 103 cm³/mol. The van der Waals surface area contributed by atoms with Gasteiger partial charge in [0.15, 0.2) is 0 Å². The lowest BCUT2D eigenvalue weighted by Gasteiger charge is -2.31. The molecule has 1 aliphatic heterocycles. The van der Waals surface area contributed by atoms with E-state index in [1.54, 1.807) is 0 Å². The van der Waals surface area contributed by atoms with Gasteiger partial charge in [-0.25, -0.2) is 0 Å². The van der Waals surface area contributed by atoms with Gasteiger partial charge in [0.1, 0.15) is 0 Å². The van der Waals surface area contributed by atoms with Crippen LogP contribution < -0.4 is 0 Å². The van der Waals surface area contributed by atoms with E-state index in [1.165, 1.54) is 74.0 Å². The number of piperidine rings is 1. The molecule has 128 valence electrons. The second-order valence-electron chi connectivity index (χ2n) is 7.11. The molecule has 0 bridgehead atoms. The third kappa shape index (κ3) is 5.21. The van der Waals surface area contributed by atoms with Crippen LogP contribution in [0.3, 0.4) is 0 Å². The molecule has 1 heterocycles. The van der Waals surface area contributed by atoms with E-state index in [1.807, 2.05) is 0 Å². The summed E-state index contributed by atoms with van der Waals surface area (Å²) in [4.78, 5) is 2.57. The maximum atomic E-state index is 4.38. The van der Waals surface area contributed by atoms with E-state index in [-0.39, 0.29) is 0 Å². The van der Waals surface area contributed by atoms with Crippen molar-refractivity contribution in [1.82, 2.24) is 4.90 Å². The Hall–Kier alpha value is -1.08. The van der Waals surface area contributed by atoms with Crippen molar-refractivity contribution in [2.24, 2.45) is 5.92 Å². The summed E-state index contributed by atoms with van der Waals surface area (Å²) < 4.78 is 0. The Kier molecular flexibility index (Phi) is 7.36. The SMILES string of the molecule is C=C(CCC1CCN(CC)CC1)c1ccc(CCC)c(CC)c1. The molecule has 1 aromatic carbocycles. The first-order chi connectivity index (χ1) is 11.2. The molecule has 0 spiro atoms. The fourth-order valence-corrected chi connectivity index (χ4v) is 3.80. The lowest BCUT2D eigenvalue weighted by Crippen LogP contribution is -2.33. The standard InChI is InChI=1S/C22H35N/c1-5-8-21-11-12-22(17-20(21)6-2)18(4)9-10-19-13-15-23(7-3)16-14-19/h11-12,17,19H,4-10,13-16H2,1-3H3. The molecule has 0 unspecified atom stereocenters. The van der Waals surface area contributed by atoms with Gasteiger partial charge in [-0.1, -0.05) is 52.0 Å². The van der Waals surface area contributed by atoms with Crippen LogP contribution >= 0.6 is 0 Å². The maximum Gasteiger partial charge on any atom is -0.00162 e. The van der Waals surface area contributed by atoms with Crippen LogP contribution in [-0.2, 0) is 12.8 Å². The van der Waals surface area contributed by atoms with Crippen molar-refractivity contribution in [1.29, 1.82) is 0 Å². The number of rotatable bonds is 8. The normalized spacial score (nSPS) is 16.7. The topological polar surface area (TPSA) is 3.24 Å². The number of hydrogen-bond donors (Lipinski definition) is 0. The largest absolute Gasteiger partial charge is 0.304 e. The molecule has 0 saturated carbocycles. The van der Waals surface area contributed by atoms with Gasteiger partial charge in [0.05, 0.1) is 0 Å². The lowest BCUT2D eigenvalue weighted by atomic mass is 9.88. The average Bonchev–Trinajstić information content (AvgIpc) is 2.60. The van der Waals surface area contributed by atoms with Crippen LogP contribution in [0, 0.1) is 5.92 Å². The molecule has 2 rings (SSSR count). The predicted octanol–water partition coefficient (Wildman–Crippen LogP) is 5.73. The Morgan fingerprint density at radius 2 is 1.87 bits per heavy atom. The van der Waals surface area contributed by atoms with Crippen LogP contribution in [0.2, 0.25) is 0 Å². The molecule has 1 fully saturated rings. The number of likely N-dealkylation sites (tertiary alicyclic amines) is 1. The first-order valence-electron chi connectivity index (χ1n) is 9.70. The van der Waals surface area contributed by atoms with Gasteiger partial charge in [-0.05, 0) is 86.3 Å². The van der Waals surface area contributed by atoms with Gasteiger partial charge in [-0.2, -0.15) is 0 Å². The molecular formula is C22H35N. The molecule has 0 atom stereocenters. The zero-order chi connectivity index (χ0) is 16.7. The molecule has 0 aliphatic carbocycles. The van der Waals surface area contributed by atoms with Gasteiger partial charge in [0, 0.05) is 0 Å². The van der Waals surface area contributed by atoms with Crippen molar-refractivity contribution in [2.45, 2.75) is 65.7 Å². The van der Waals surface area contributed by atoms with E-state index in [9.17, 15) is 0 Å². The van der Waals surface area contributed by atoms with E-state index >= 15 is 0 Å². The Labute approximate surface area is 143 Å². The number of allylic oxidation sites excluding steroid dienone is 1. The molecule has 1 aliphatic rings. The molecule has 23 heavy (non-hydrogen) atoms. The molecular weight excluding hydrogens is 278 g/mol. The van der Waals surface area contributed by atoms with Crippen molar-refractivity contribution in [3.8, 4) is 0 Å². The van der Waals surface area contributed by atoms with Crippen LogP contribution in [-0.4, -0.2) is 24.5 Å². The third-order valence-corrected chi connectivity index (χ3v) is 5.52. The summed E-state index contributed by atoms with van der Waals surface area (Å²) >= 11 is 0. The zero-order valence-electron chi connectivity index (χ0n) is 15.5. The zero-order valence-corrected chi connectivity index (χ0v) is 15.5. The first kappa shape index (κ1) is 18.3. The van der Waals surface area contributed by atoms with Gasteiger partial charge < -0.3 is 4.90 Å². The van der Waals surface area contributed by atoms with E-state index in [2.05, 4.69) is 50.4 Å². The van der Waals surface area contributed by atoms with Crippen molar-refractivity contribution in [2.75, 3.05) is 19.6 Å². The minimum Gasteiger partial charge on any atom is -0.304 e. The van der Waals surface area contributed by atoms with E-state index in [0.717, 1.165) is 18.8 Å². The summed E-state index contributed by atoms with van der Waals surface area (Å²) in [7, 11) is 0. The summed E-state index contributed by atoms with van der Waals surface area (Å²) in [5.41, 5.74) is 5.74. The summed E-state index contributed by atoms with van der Waals surface area (Å²) in [5.74, 6) is 0.902. The van der Waals surface area contributed by atoms with E-state index in [0.29, 0.717) is 0 Å². The number of nitrogens with zero attached hydrogens (tertiary/aromatic N) is 1. The number of aryl methyl sites for hydroxylation is 2. The van der Waals surface area contributed by atoms with Crippen LogP contribution in [0.1, 0.15) is 69.6 Å². The summed E-state index contributed by atoms with van der Waals surface area (Å²) in [6.45, 7) is 15.0. The average molecular weight is 314 g/mol. The monoisotopic (exact) mass is 313 g/mol. The molecule has 0 aromatic heterocycles. The summed E-state index contributed by atoms with van der Waals surface area (Å²) in [6.07, 6.45) is 8.77. The molecule has 0 amide bonds. The van der Waals surface area contributed by atoms with Gasteiger partial charge >= 0.3 is 0 Å². The smallest absolute Gasteiger partial charge is 0.00162 e. The Morgan fingerprint density at radius 3 is 2.48 bits per heavy atom. The quantitative estimate of drug-likeness (QED) is 0.592. The minimum absolute atomic E-state index is 0.902. The maximum absolute atomic E-state index is 4.38. The molecule has 1 saturated heterocycles. The van der Waals surface area contributed by atoms with Crippen molar-refractivity contribution < 1.29 is 0 Å². The Morgan fingerprint density at radius 1 is 1.13 bits per heavy atom. The van der Waals surface area contributed by atoms with Gasteiger partial charge in [-0.3, -0.25) is 0 Å². The number of hydrogen-bond acceptors (Lipinski definition) is 1. The highest BCUT2D eigenvalue weighted by Gasteiger charge is 2.18. The van der Waals surface area contributed by atoms with E-state index in [4.69, 9.17) is 0 Å². The van der Waals surface area contributed by atoms with Crippen LogP contribution in [0.15, 0.2) is 24.8 Å². The first-order valence-corrected chi connectivity index (χ1v) is 9.70. The van der Waals surface area contributed by atoms with Crippen molar-refractivity contribution >= 4 is 5.57 Å². The van der Waals surface area contributed by atoms with Crippen LogP contribution in [0.4, 0.5) is 0 Å². The Balaban J connectivity index is 1.88. The highest BCUT2D eigenvalue weighted by Crippen LogP contribution is 2.28. The minimum atomic E-state index is 0.902. The number of benzene rings is 1. The van der Waals surface area contributed by atoms with Crippen LogP contribution in [0.5, 0.6) is 0 Å². The second-order valence-corrected chi connectivity index (χ2v) is 7.11. The second kappa shape index (κ2) is 9.27. The Bertz CT molecular complexity index is 495.